The molecule has 1 saturated carbocycles. The third-order valence-electron chi connectivity index (χ3n) is 3.99. The number of fused-ring (bicyclic) bond motifs is 1. The number of hydrogen-bond acceptors (Lipinski definition) is 4. The van der Waals surface area contributed by atoms with Gasteiger partial charge in [-0.05, 0) is 31.7 Å². The Morgan fingerprint density at radius 3 is 2.22 bits per heavy atom. The summed E-state index contributed by atoms with van der Waals surface area (Å²) in [7, 11) is 1.81. The maximum atomic E-state index is 12.3. The number of carbonyl (C=O) groups excluding carboxylic acids is 1. The predicted molar refractivity (Wildman–Crippen MR) is 74.1 cm³/mol. The molecule has 1 aliphatic heterocycles. The highest BCUT2D eigenvalue weighted by Crippen LogP contribution is 2.47. The number of alkyl halides is 3. The summed E-state index contributed by atoms with van der Waals surface area (Å²) in [5.74, 6) is -1.80. The van der Waals surface area contributed by atoms with Crippen LogP contribution in [-0.2, 0) is 9.59 Å². The number of aliphatic carboxylic acids is 1. The van der Waals surface area contributed by atoms with Gasteiger partial charge in [-0.3, -0.25) is 4.79 Å². The van der Waals surface area contributed by atoms with Gasteiger partial charge in [0.1, 0.15) is 6.04 Å². The summed E-state index contributed by atoms with van der Waals surface area (Å²) in [6.45, 7) is 4.06. The van der Waals surface area contributed by atoms with Crippen molar-refractivity contribution in [2.45, 2.75) is 51.0 Å². The molecule has 2 aliphatic rings. The van der Waals surface area contributed by atoms with Crippen LogP contribution in [0.25, 0.3) is 0 Å². The molecule has 2 N–H and O–H groups in total. The highest BCUT2D eigenvalue weighted by atomic mass is 19.4. The van der Waals surface area contributed by atoms with E-state index in [1.165, 1.54) is 0 Å². The van der Waals surface area contributed by atoms with Gasteiger partial charge in [-0.2, -0.15) is 18.4 Å². The van der Waals surface area contributed by atoms with E-state index in [9.17, 15) is 18.0 Å². The second-order valence-electron chi connectivity index (χ2n) is 6.00. The van der Waals surface area contributed by atoms with Gasteiger partial charge in [0.2, 0.25) is 5.91 Å². The molecule has 1 heterocycles. The zero-order valence-electron chi connectivity index (χ0n) is 13.1. The summed E-state index contributed by atoms with van der Waals surface area (Å²) in [6, 6.07) is 2.26. The van der Waals surface area contributed by atoms with Crippen molar-refractivity contribution in [2.24, 2.45) is 11.8 Å². The average Bonchev–Trinajstić information content (AvgIpc) is 3.09. The standard InChI is InChI=1S/C12H19N3O.C2HF3O2/c1-7(2)11(14-3)12(16)15-9(6-13)4-8-5-10(8)15;3-2(4,5)1(6)7/h7-11,14H,4-5H2,1-3H3;(H,6,7)/t8-,9?,10+,11+;/m1./s1. The molecule has 1 aliphatic carbocycles. The van der Waals surface area contributed by atoms with Gasteiger partial charge in [-0.25, -0.2) is 4.79 Å². The topological polar surface area (TPSA) is 93.4 Å². The monoisotopic (exact) mass is 335 g/mol. The Hall–Kier alpha value is -1.82. The number of carboxylic acid groups (broad SMARTS) is 1. The molecule has 4 atom stereocenters. The molecule has 1 unspecified atom stereocenters. The maximum Gasteiger partial charge on any atom is 0.490 e. The largest absolute Gasteiger partial charge is 0.490 e. The van der Waals surface area contributed by atoms with Crippen LogP contribution < -0.4 is 5.32 Å². The van der Waals surface area contributed by atoms with E-state index >= 15 is 0 Å². The number of carboxylic acids is 1. The number of amides is 1. The zero-order valence-corrected chi connectivity index (χ0v) is 13.1. The fourth-order valence-corrected chi connectivity index (χ4v) is 2.79. The summed E-state index contributed by atoms with van der Waals surface area (Å²) in [5.41, 5.74) is 0. The Morgan fingerprint density at radius 2 is 1.87 bits per heavy atom. The van der Waals surface area contributed by atoms with E-state index in [4.69, 9.17) is 15.2 Å². The first-order valence-corrected chi connectivity index (χ1v) is 7.23. The van der Waals surface area contributed by atoms with Crippen LogP contribution in [0, 0.1) is 23.2 Å². The normalized spacial score (nSPS) is 26.7. The fourth-order valence-electron chi connectivity index (χ4n) is 2.79. The molecule has 0 aromatic carbocycles. The lowest BCUT2D eigenvalue weighted by Crippen LogP contribution is -2.50. The highest BCUT2D eigenvalue weighted by molar-refractivity contribution is 5.84. The van der Waals surface area contributed by atoms with Gasteiger partial charge in [0.05, 0.1) is 12.1 Å². The molecule has 0 radical (unpaired) electrons. The van der Waals surface area contributed by atoms with Gasteiger partial charge in [0.15, 0.2) is 0 Å². The van der Waals surface area contributed by atoms with Crippen LogP contribution in [0.3, 0.4) is 0 Å². The summed E-state index contributed by atoms with van der Waals surface area (Å²) >= 11 is 0. The van der Waals surface area contributed by atoms with Gasteiger partial charge in [-0.15, -0.1) is 0 Å². The zero-order chi connectivity index (χ0) is 17.9. The van der Waals surface area contributed by atoms with Crippen molar-refractivity contribution < 1.29 is 27.9 Å². The number of likely N-dealkylation sites (N-methyl/N-ethyl adjacent to an activating group) is 1. The lowest BCUT2D eigenvalue weighted by molar-refractivity contribution is -0.192. The molecule has 1 saturated heterocycles. The molecule has 2 rings (SSSR count). The molecule has 1 amide bonds. The lowest BCUT2D eigenvalue weighted by atomic mass is 10.0. The Morgan fingerprint density at radius 1 is 1.35 bits per heavy atom. The van der Waals surface area contributed by atoms with E-state index < -0.39 is 12.1 Å². The molecular weight excluding hydrogens is 315 g/mol. The molecule has 9 heteroatoms. The number of halogens is 3. The molecule has 6 nitrogen and oxygen atoms in total. The first-order valence-electron chi connectivity index (χ1n) is 7.23. The number of nitrogens with one attached hydrogen (secondary N) is 1. The molecule has 130 valence electrons. The molecule has 0 bridgehead atoms. The summed E-state index contributed by atoms with van der Waals surface area (Å²) < 4.78 is 31.7. The van der Waals surface area contributed by atoms with E-state index in [2.05, 4.69) is 11.4 Å². The van der Waals surface area contributed by atoms with E-state index in [0.717, 1.165) is 12.8 Å². The van der Waals surface area contributed by atoms with E-state index in [1.54, 1.807) is 0 Å². The molecule has 0 spiro atoms. The van der Waals surface area contributed by atoms with Crippen molar-refractivity contribution in [3.8, 4) is 6.07 Å². The minimum Gasteiger partial charge on any atom is -0.475 e. The first-order chi connectivity index (χ1) is 10.5. The minimum atomic E-state index is -5.08. The van der Waals surface area contributed by atoms with Crippen LogP contribution in [0.5, 0.6) is 0 Å². The third-order valence-corrected chi connectivity index (χ3v) is 3.99. The SMILES string of the molecule is CN[C@H](C(=O)N1C(C#N)C[C@@H]2C[C@@H]21)C(C)C.O=C(O)C(F)(F)F. The number of likely N-dealkylation sites (tertiary alicyclic amines) is 1. The summed E-state index contributed by atoms with van der Waals surface area (Å²) in [4.78, 5) is 23.1. The summed E-state index contributed by atoms with van der Waals surface area (Å²) in [6.07, 6.45) is -3.11. The van der Waals surface area contributed by atoms with Crippen molar-refractivity contribution >= 4 is 11.9 Å². The number of nitrogens with zero attached hydrogens (tertiary/aromatic N) is 2. The van der Waals surface area contributed by atoms with Crippen LogP contribution in [-0.4, -0.2) is 53.2 Å². The van der Waals surface area contributed by atoms with Gasteiger partial charge in [-0.1, -0.05) is 13.8 Å². The number of rotatable bonds is 3. The number of hydrogen-bond donors (Lipinski definition) is 2. The van der Waals surface area contributed by atoms with Gasteiger partial charge in [0, 0.05) is 6.04 Å². The first kappa shape index (κ1) is 19.2. The Balaban J connectivity index is 0.000000322. The van der Waals surface area contributed by atoms with E-state index in [0.29, 0.717) is 12.0 Å². The second-order valence-corrected chi connectivity index (χ2v) is 6.00. The van der Waals surface area contributed by atoms with E-state index in [-0.39, 0.29) is 23.9 Å². The van der Waals surface area contributed by atoms with Crippen LogP contribution in [0.2, 0.25) is 0 Å². The smallest absolute Gasteiger partial charge is 0.475 e. The maximum absolute atomic E-state index is 12.3. The van der Waals surface area contributed by atoms with Crippen LogP contribution in [0.15, 0.2) is 0 Å². The van der Waals surface area contributed by atoms with Crippen molar-refractivity contribution in [3.05, 3.63) is 0 Å². The summed E-state index contributed by atoms with van der Waals surface area (Å²) in [5, 5.41) is 19.2. The minimum absolute atomic E-state index is 0.106. The van der Waals surface area contributed by atoms with Crippen molar-refractivity contribution in [1.82, 2.24) is 10.2 Å². The van der Waals surface area contributed by atoms with Crippen LogP contribution in [0.1, 0.15) is 26.7 Å². The molecule has 0 aromatic heterocycles. The predicted octanol–water partition coefficient (Wildman–Crippen LogP) is 1.38. The molecule has 23 heavy (non-hydrogen) atoms. The van der Waals surface area contributed by atoms with Gasteiger partial charge >= 0.3 is 12.1 Å². The van der Waals surface area contributed by atoms with Gasteiger partial charge < -0.3 is 15.3 Å². The Kier molecular flexibility index (Phi) is 5.99. The third kappa shape index (κ3) is 4.58. The number of nitriles is 1. The van der Waals surface area contributed by atoms with Crippen molar-refractivity contribution in [3.63, 3.8) is 0 Å². The Labute approximate surface area is 132 Å². The quantitative estimate of drug-likeness (QED) is 0.813. The number of carbonyl (C=O) groups is 2. The van der Waals surface area contributed by atoms with Crippen LogP contribution in [0.4, 0.5) is 13.2 Å². The lowest BCUT2D eigenvalue weighted by Gasteiger charge is -2.29. The average molecular weight is 335 g/mol. The Bertz CT molecular complexity index is 502. The highest BCUT2D eigenvalue weighted by Gasteiger charge is 2.55. The van der Waals surface area contributed by atoms with E-state index in [1.807, 2.05) is 25.8 Å². The fraction of sp³-hybridized carbons (Fsp3) is 0.786. The van der Waals surface area contributed by atoms with Crippen molar-refractivity contribution in [2.75, 3.05) is 7.05 Å². The molecule has 0 aromatic rings. The van der Waals surface area contributed by atoms with Gasteiger partial charge in [0.25, 0.3) is 0 Å². The molecule has 2 fully saturated rings. The van der Waals surface area contributed by atoms with Crippen molar-refractivity contribution in [1.29, 1.82) is 5.26 Å². The van der Waals surface area contributed by atoms with Crippen LogP contribution >= 0.6 is 0 Å². The second kappa shape index (κ2) is 7.17. The number of piperidine rings is 1. The molecular formula is C14H20F3N3O3.